The lowest BCUT2D eigenvalue weighted by molar-refractivity contribution is 0.0625. The summed E-state index contributed by atoms with van der Waals surface area (Å²) < 4.78 is 7.67. The predicted octanol–water partition coefficient (Wildman–Crippen LogP) is 3.76. The molecule has 2 heterocycles. The molecule has 156 valence electrons. The lowest BCUT2D eigenvalue weighted by Crippen LogP contribution is -2.40. The average molecular weight is 499 g/mol. The molecule has 1 fully saturated rings. The molecule has 1 saturated heterocycles. The van der Waals surface area contributed by atoms with Gasteiger partial charge in [0.25, 0.3) is 0 Å². The Hall–Kier alpha value is -1.35. The summed E-state index contributed by atoms with van der Waals surface area (Å²) in [5, 5.41) is 3.43. The van der Waals surface area contributed by atoms with Crippen LogP contribution in [0.1, 0.15) is 32.6 Å². The Morgan fingerprint density at radius 1 is 1.32 bits per heavy atom. The number of para-hydroxylation sites is 2. The highest BCUT2D eigenvalue weighted by atomic mass is 127. The van der Waals surface area contributed by atoms with E-state index in [9.17, 15) is 0 Å². The van der Waals surface area contributed by atoms with Crippen molar-refractivity contribution in [3.05, 3.63) is 30.6 Å². The maximum absolute atomic E-state index is 5.46. The Balaban J connectivity index is 0.00000280. The second kappa shape index (κ2) is 12.3. The van der Waals surface area contributed by atoms with Crippen molar-refractivity contribution >= 4 is 41.0 Å². The third-order valence-electron chi connectivity index (χ3n) is 5.26. The molecule has 7 heteroatoms. The molecule has 0 saturated carbocycles. The average Bonchev–Trinajstić information content (AvgIpc) is 3.12. The minimum absolute atomic E-state index is 0. The van der Waals surface area contributed by atoms with Gasteiger partial charge in [0.15, 0.2) is 5.96 Å². The van der Waals surface area contributed by atoms with E-state index < -0.39 is 0 Å². The zero-order valence-electron chi connectivity index (χ0n) is 17.1. The molecule has 0 radical (unpaired) electrons. The van der Waals surface area contributed by atoms with Crippen LogP contribution < -0.4 is 5.32 Å². The molecule has 0 bridgehead atoms. The molecule has 1 aliphatic heterocycles. The van der Waals surface area contributed by atoms with Crippen LogP contribution in [0.5, 0.6) is 0 Å². The molecule has 0 unspecified atom stereocenters. The zero-order chi connectivity index (χ0) is 18.9. The predicted molar refractivity (Wildman–Crippen MR) is 127 cm³/mol. The lowest BCUT2D eigenvalue weighted by atomic mass is 9.96. The summed E-state index contributed by atoms with van der Waals surface area (Å²) in [5.41, 5.74) is 2.25. The molecule has 0 aliphatic carbocycles. The van der Waals surface area contributed by atoms with Gasteiger partial charge < -0.3 is 19.5 Å². The molecule has 1 aromatic carbocycles. The van der Waals surface area contributed by atoms with Crippen LogP contribution in [0.3, 0.4) is 0 Å². The molecule has 1 aliphatic rings. The minimum Gasteiger partial charge on any atom is -0.381 e. The number of aromatic nitrogens is 2. The van der Waals surface area contributed by atoms with Crippen molar-refractivity contribution < 1.29 is 4.74 Å². The van der Waals surface area contributed by atoms with Crippen LogP contribution in [-0.4, -0.2) is 60.3 Å². The number of ether oxygens (including phenoxy) is 1. The number of fused-ring (bicyclic) bond motifs is 1. The topological polar surface area (TPSA) is 54.7 Å². The van der Waals surface area contributed by atoms with Gasteiger partial charge >= 0.3 is 0 Å². The van der Waals surface area contributed by atoms with Crippen LogP contribution in [0.15, 0.2) is 35.6 Å². The Labute approximate surface area is 185 Å². The monoisotopic (exact) mass is 499 g/mol. The van der Waals surface area contributed by atoms with Crippen molar-refractivity contribution in [3.63, 3.8) is 0 Å². The Morgan fingerprint density at radius 3 is 2.89 bits per heavy atom. The van der Waals surface area contributed by atoms with Gasteiger partial charge in [-0.2, -0.15) is 0 Å². The molecule has 1 aromatic heterocycles. The highest BCUT2D eigenvalue weighted by Crippen LogP contribution is 2.18. The molecule has 0 amide bonds. The van der Waals surface area contributed by atoms with Crippen molar-refractivity contribution in [3.8, 4) is 0 Å². The lowest BCUT2D eigenvalue weighted by Gasteiger charge is -2.26. The number of nitrogens with one attached hydrogen (secondary N) is 1. The molecular formula is C21H34IN5O. The quantitative estimate of drug-likeness (QED) is 0.260. The van der Waals surface area contributed by atoms with Crippen LogP contribution >= 0.6 is 24.0 Å². The van der Waals surface area contributed by atoms with Gasteiger partial charge in [-0.15, -0.1) is 24.0 Å². The van der Waals surface area contributed by atoms with Gasteiger partial charge in [0, 0.05) is 46.4 Å². The summed E-state index contributed by atoms with van der Waals surface area (Å²) in [5.74, 6) is 1.80. The molecule has 6 nitrogen and oxygen atoms in total. The molecule has 0 spiro atoms. The third-order valence-corrected chi connectivity index (χ3v) is 5.26. The van der Waals surface area contributed by atoms with Crippen LogP contribution in [0.25, 0.3) is 11.0 Å². The Bertz CT molecular complexity index is 726. The fourth-order valence-electron chi connectivity index (χ4n) is 3.60. The van der Waals surface area contributed by atoms with Crippen LogP contribution in [0.4, 0.5) is 0 Å². The number of nitrogens with zero attached hydrogens (tertiary/aromatic N) is 4. The number of benzene rings is 1. The number of rotatable bonds is 8. The normalized spacial score (nSPS) is 15.4. The first kappa shape index (κ1) is 22.9. The Kier molecular flexibility index (Phi) is 10.0. The van der Waals surface area contributed by atoms with E-state index in [1.807, 2.05) is 12.4 Å². The number of aliphatic imine (C=N–C) groups is 1. The molecular weight excluding hydrogens is 465 g/mol. The second-order valence-corrected chi connectivity index (χ2v) is 7.28. The maximum atomic E-state index is 5.46. The van der Waals surface area contributed by atoms with Crippen LogP contribution in [0.2, 0.25) is 0 Å². The highest BCUT2D eigenvalue weighted by molar-refractivity contribution is 14.0. The number of guanidine groups is 1. The van der Waals surface area contributed by atoms with Gasteiger partial charge in [-0.3, -0.25) is 4.99 Å². The van der Waals surface area contributed by atoms with E-state index in [1.165, 1.54) is 24.8 Å². The fraction of sp³-hybridized carbons (Fsp3) is 0.619. The van der Waals surface area contributed by atoms with Gasteiger partial charge in [-0.1, -0.05) is 12.1 Å². The number of hydrogen-bond acceptors (Lipinski definition) is 3. The van der Waals surface area contributed by atoms with Gasteiger partial charge in [-0.25, -0.2) is 4.98 Å². The van der Waals surface area contributed by atoms with Crippen molar-refractivity contribution in [1.29, 1.82) is 0 Å². The van der Waals surface area contributed by atoms with Crippen LogP contribution in [0, 0.1) is 5.92 Å². The first-order valence-electron chi connectivity index (χ1n) is 10.2. The largest absolute Gasteiger partial charge is 0.381 e. The fourth-order valence-corrected chi connectivity index (χ4v) is 3.60. The summed E-state index contributed by atoms with van der Waals surface area (Å²) in [6.07, 6.45) is 6.54. The van der Waals surface area contributed by atoms with Crippen molar-refractivity contribution in [2.75, 3.05) is 39.9 Å². The van der Waals surface area contributed by atoms with Crippen molar-refractivity contribution in [2.24, 2.45) is 10.9 Å². The highest BCUT2D eigenvalue weighted by Gasteiger charge is 2.15. The Morgan fingerprint density at radius 2 is 2.11 bits per heavy atom. The minimum atomic E-state index is 0. The smallest absolute Gasteiger partial charge is 0.193 e. The number of imidazole rings is 1. The van der Waals surface area contributed by atoms with Gasteiger partial charge in [0.2, 0.25) is 0 Å². The molecule has 28 heavy (non-hydrogen) atoms. The number of aryl methyl sites for hydroxylation is 1. The van der Waals surface area contributed by atoms with E-state index in [2.05, 4.69) is 51.9 Å². The summed E-state index contributed by atoms with van der Waals surface area (Å²) in [4.78, 5) is 11.6. The number of hydrogen-bond donors (Lipinski definition) is 1. The van der Waals surface area contributed by atoms with E-state index in [4.69, 9.17) is 9.73 Å². The van der Waals surface area contributed by atoms with Gasteiger partial charge in [-0.05, 0) is 50.7 Å². The molecule has 0 atom stereocenters. The summed E-state index contributed by atoms with van der Waals surface area (Å²) in [6, 6.07) is 8.28. The van der Waals surface area contributed by atoms with E-state index in [0.29, 0.717) is 0 Å². The van der Waals surface area contributed by atoms with Crippen molar-refractivity contribution in [1.82, 2.24) is 19.8 Å². The summed E-state index contributed by atoms with van der Waals surface area (Å²) in [7, 11) is 2.14. The van der Waals surface area contributed by atoms with Gasteiger partial charge in [0.05, 0.1) is 17.4 Å². The SMILES string of the molecule is CCNC(=NCCCn1cnc2ccccc21)N(C)CCC1CCOCC1.I. The first-order chi connectivity index (χ1) is 13.3. The second-order valence-electron chi connectivity index (χ2n) is 7.28. The molecule has 2 aromatic rings. The van der Waals surface area contributed by atoms with E-state index in [0.717, 1.165) is 63.2 Å². The van der Waals surface area contributed by atoms with E-state index >= 15 is 0 Å². The standard InChI is InChI=1S/C21H33N5O.HI/c1-3-22-21(25(2)14-9-18-10-15-27-16-11-18)23-12-6-13-26-17-24-19-7-4-5-8-20(19)26;/h4-5,7-8,17-18H,3,6,9-16H2,1-2H3,(H,22,23);1H. The van der Waals surface area contributed by atoms with Crippen LogP contribution in [-0.2, 0) is 11.3 Å². The zero-order valence-corrected chi connectivity index (χ0v) is 19.5. The molecule has 1 N–H and O–H groups in total. The number of halogens is 1. The molecule has 3 rings (SSSR count). The van der Waals surface area contributed by atoms with Gasteiger partial charge in [0.1, 0.15) is 0 Å². The van der Waals surface area contributed by atoms with E-state index in [1.54, 1.807) is 0 Å². The maximum Gasteiger partial charge on any atom is 0.193 e. The third kappa shape index (κ3) is 6.62. The van der Waals surface area contributed by atoms with E-state index in [-0.39, 0.29) is 24.0 Å². The summed E-state index contributed by atoms with van der Waals surface area (Å²) in [6.45, 7) is 7.66. The van der Waals surface area contributed by atoms with Crippen molar-refractivity contribution in [2.45, 2.75) is 39.2 Å². The summed E-state index contributed by atoms with van der Waals surface area (Å²) >= 11 is 0. The first-order valence-corrected chi connectivity index (χ1v) is 10.2.